The van der Waals surface area contributed by atoms with Gasteiger partial charge in [-0.25, -0.2) is 0 Å². The van der Waals surface area contributed by atoms with Gasteiger partial charge in [0.2, 0.25) is 3.79 Å². The lowest BCUT2D eigenvalue weighted by Gasteiger charge is -2.39. The Bertz CT molecular complexity index is 439. The fourth-order valence-electron chi connectivity index (χ4n) is 2.27. The molecule has 1 aliphatic heterocycles. The van der Waals surface area contributed by atoms with Crippen molar-refractivity contribution in [1.29, 1.82) is 0 Å². The number of carbonyl (C=O) groups excluding carboxylic acids is 1. The number of alkyl halides is 3. The molecule has 3 nitrogen and oxygen atoms in total. The van der Waals surface area contributed by atoms with E-state index in [4.69, 9.17) is 34.8 Å². The van der Waals surface area contributed by atoms with Gasteiger partial charge in [-0.2, -0.15) is 0 Å². The average Bonchev–Trinajstić information content (AvgIpc) is 2.89. The van der Waals surface area contributed by atoms with Gasteiger partial charge in [-0.15, -0.1) is 11.3 Å². The largest absolute Gasteiger partial charge is 0.332 e. The van der Waals surface area contributed by atoms with Crippen LogP contribution in [0.5, 0.6) is 0 Å². The fraction of sp³-hybridized carbons (Fsp3) is 0.615. The summed E-state index contributed by atoms with van der Waals surface area (Å²) in [6, 6.07) is 3.58. The number of piperidine rings is 1. The van der Waals surface area contributed by atoms with Crippen LogP contribution in [-0.4, -0.2) is 33.9 Å². The third-order valence-corrected chi connectivity index (χ3v) is 4.99. The zero-order valence-corrected chi connectivity index (χ0v) is 14.2. The van der Waals surface area contributed by atoms with E-state index >= 15 is 0 Å². The molecule has 1 aromatic rings. The zero-order valence-electron chi connectivity index (χ0n) is 11.1. The second-order valence-electron chi connectivity index (χ2n) is 5.11. The Kier molecular flexibility index (Phi) is 5.60. The zero-order chi connectivity index (χ0) is 14.8. The third kappa shape index (κ3) is 4.25. The van der Waals surface area contributed by atoms with Crippen LogP contribution >= 0.6 is 46.1 Å². The van der Waals surface area contributed by atoms with E-state index in [1.54, 1.807) is 6.07 Å². The van der Waals surface area contributed by atoms with Gasteiger partial charge >= 0.3 is 0 Å². The summed E-state index contributed by atoms with van der Waals surface area (Å²) in [5, 5.41) is 4.69. The first-order chi connectivity index (χ1) is 9.38. The lowest BCUT2D eigenvalue weighted by atomic mass is 9.99. The highest BCUT2D eigenvalue weighted by molar-refractivity contribution is 7.12. The first-order valence-electron chi connectivity index (χ1n) is 6.53. The Hall–Kier alpha value is -0.000000000000000111. The minimum Gasteiger partial charge on any atom is -0.332 e. The highest BCUT2D eigenvalue weighted by Crippen LogP contribution is 2.34. The maximum Gasteiger partial charge on any atom is 0.262 e. The molecule has 0 aliphatic carbocycles. The van der Waals surface area contributed by atoms with Crippen molar-refractivity contribution in [2.24, 2.45) is 5.92 Å². The number of amides is 1. The van der Waals surface area contributed by atoms with Crippen molar-refractivity contribution in [3.8, 4) is 0 Å². The van der Waals surface area contributed by atoms with E-state index in [0.717, 1.165) is 25.9 Å². The molecular weight excluding hydrogens is 339 g/mol. The molecule has 112 valence electrons. The summed E-state index contributed by atoms with van der Waals surface area (Å²) < 4.78 is -1.55. The van der Waals surface area contributed by atoms with E-state index in [-0.39, 0.29) is 5.91 Å². The number of hydrogen-bond acceptors (Lipinski definition) is 3. The van der Waals surface area contributed by atoms with E-state index in [0.29, 0.717) is 10.8 Å². The first kappa shape index (κ1) is 16.4. The predicted octanol–water partition coefficient (Wildman–Crippen LogP) is 3.91. The maximum atomic E-state index is 12.2. The molecule has 1 aromatic heterocycles. The van der Waals surface area contributed by atoms with Crippen molar-refractivity contribution in [3.63, 3.8) is 0 Å². The molecule has 2 heterocycles. The number of halogens is 3. The third-order valence-electron chi connectivity index (χ3n) is 3.51. The van der Waals surface area contributed by atoms with Gasteiger partial charge in [0.15, 0.2) is 0 Å². The van der Waals surface area contributed by atoms with Gasteiger partial charge < -0.3 is 5.32 Å². The van der Waals surface area contributed by atoms with E-state index < -0.39 is 9.96 Å². The van der Waals surface area contributed by atoms with Crippen LogP contribution in [0.25, 0.3) is 0 Å². The molecule has 1 unspecified atom stereocenters. The summed E-state index contributed by atoms with van der Waals surface area (Å²) in [4.78, 5) is 14.8. The van der Waals surface area contributed by atoms with Crippen molar-refractivity contribution >= 4 is 52.0 Å². The lowest BCUT2D eigenvalue weighted by molar-refractivity contribution is 0.0788. The maximum absolute atomic E-state index is 12.2. The minimum absolute atomic E-state index is 0.199. The number of nitrogens with zero attached hydrogens (tertiary/aromatic N) is 1. The molecule has 0 aromatic carbocycles. The molecule has 2 rings (SSSR count). The van der Waals surface area contributed by atoms with Gasteiger partial charge in [-0.1, -0.05) is 47.8 Å². The Morgan fingerprint density at radius 3 is 2.60 bits per heavy atom. The molecular formula is C13H17Cl3N2OS. The standard InChI is InChI=1S/C13H17Cl3N2OS/c1-9-4-6-18(7-5-9)12(13(14,15)16)17-11(19)10-3-2-8-20-10/h2-3,8-9,12H,4-7H2,1H3,(H,17,19). The molecule has 7 heteroatoms. The molecule has 1 amide bonds. The summed E-state index contributed by atoms with van der Waals surface area (Å²) in [5.74, 6) is 0.477. The van der Waals surface area contributed by atoms with E-state index in [2.05, 4.69) is 12.2 Å². The molecule has 1 N–H and O–H groups in total. The summed E-state index contributed by atoms with van der Waals surface area (Å²) in [5.41, 5.74) is 0. The molecule has 1 saturated heterocycles. The first-order valence-corrected chi connectivity index (χ1v) is 8.54. The van der Waals surface area contributed by atoms with Crippen LogP contribution in [0.2, 0.25) is 0 Å². The normalized spacial score (nSPS) is 19.8. The summed E-state index contributed by atoms with van der Waals surface area (Å²) in [7, 11) is 0. The second-order valence-corrected chi connectivity index (χ2v) is 8.43. The number of likely N-dealkylation sites (tertiary alicyclic amines) is 1. The SMILES string of the molecule is CC1CCN(C(NC(=O)c2cccs2)C(Cl)(Cl)Cl)CC1. The van der Waals surface area contributed by atoms with Crippen LogP contribution < -0.4 is 5.32 Å². The van der Waals surface area contributed by atoms with Crippen LogP contribution in [0.1, 0.15) is 29.4 Å². The Morgan fingerprint density at radius 2 is 2.10 bits per heavy atom. The summed E-state index contributed by atoms with van der Waals surface area (Å²) in [6.07, 6.45) is 1.49. The Balaban J connectivity index is 2.06. The van der Waals surface area contributed by atoms with Crippen LogP contribution in [0.3, 0.4) is 0 Å². The Morgan fingerprint density at radius 1 is 1.45 bits per heavy atom. The fourth-order valence-corrected chi connectivity index (χ4v) is 3.47. The quantitative estimate of drug-likeness (QED) is 0.834. The monoisotopic (exact) mass is 354 g/mol. The lowest BCUT2D eigenvalue weighted by Crippen LogP contribution is -2.57. The van der Waals surface area contributed by atoms with Gasteiger partial charge in [0.25, 0.3) is 5.91 Å². The van der Waals surface area contributed by atoms with Crippen molar-refractivity contribution in [2.75, 3.05) is 13.1 Å². The van der Waals surface area contributed by atoms with E-state index in [1.165, 1.54) is 11.3 Å². The predicted molar refractivity (Wildman–Crippen MR) is 85.8 cm³/mol. The summed E-state index contributed by atoms with van der Waals surface area (Å²) in [6.45, 7) is 3.86. The van der Waals surface area contributed by atoms with Gasteiger partial charge in [-0.05, 0) is 30.2 Å². The highest BCUT2D eigenvalue weighted by Gasteiger charge is 2.39. The smallest absolute Gasteiger partial charge is 0.262 e. The second kappa shape index (κ2) is 6.84. The number of nitrogens with one attached hydrogen (secondary N) is 1. The van der Waals surface area contributed by atoms with Crippen molar-refractivity contribution in [3.05, 3.63) is 22.4 Å². The van der Waals surface area contributed by atoms with Gasteiger partial charge in [0.1, 0.15) is 6.17 Å². The molecule has 0 saturated carbocycles. The van der Waals surface area contributed by atoms with Crippen LogP contribution in [0.4, 0.5) is 0 Å². The van der Waals surface area contributed by atoms with E-state index in [1.807, 2.05) is 16.3 Å². The molecule has 1 atom stereocenters. The number of rotatable bonds is 3. The number of hydrogen-bond donors (Lipinski definition) is 1. The van der Waals surface area contributed by atoms with Crippen molar-refractivity contribution in [2.45, 2.75) is 29.7 Å². The van der Waals surface area contributed by atoms with Crippen molar-refractivity contribution in [1.82, 2.24) is 10.2 Å². The Labute approximate surface area is 138 Å². The van der Waals surface area contributed by atoms with Crippen LogP contribution in [-0.2, 0) is 0 Å². The average molecular weight is 356 g/mol. The van der Waals surface area contributed by atoms with Crippen LogP contribution in [0.15, 0.2) is 17.5 Å². The van der Waals surface area contributed by atoms with Gasteiger partial charge in [-0.3, -0.25) is 9.69 Å². The van der Waals surface area contributed by atoms with Gasteiger partial charge in [0, 0.05) is 13.1 Å². The topological polar surface area (TPSA) is 32.3 Å². The molecule has 0 radical (unpaired) electrons. The molecule has 20 heavy (non-hydrogen) atoms. The highest BCUT2D eigenvalue weighted by atomic mass is 35.6. The van der Waals surface area contributed by atoms with Crippen molar-refractivity contribution < 1.29 is 4.79 Å². The molecule has 0 spiro atoms. The van der Waals surface area contributed by atoms with Gasteiger partial charge in [0.05, 0.1) is 4.88 Å². The summed E-state index contributed by atoms with van der Waals surface area (Å²) >= 11 is 19.5. The molecule has 1 fully saturated rings. The van der Waals surface area contributed by atoms with Crippen LogP contribution in [0, 0.1) is 5.92 Å². The molecule has 0 bridgehead atoms. The number of thiophene rings is 1. The number of carbonyl (C=O) groups is 1. The minimum atomic E-state index is -1.55. The molecule has 1 aliphatic rings. The van der Waals surface area contributed by atoms with E-state index in [9.17, 15) is 4.79 Å².